The number of rotatable bonds is 3. The first-order valence-corrected chi connectivity index (χ1v) is 5.54. The normalized spacial score (nSPS) is 10.9. The molecule has 0 aliphatic carbocycles. The van der Waals surface area contributed by atoms with Crippen LogP contribution in [-0.4, -0.2) is 34.2 Å². The van der Waals surface area contributed by atoms with Gasteiger partial charge in [-0.25, -0.2) is 14.6 Å². The van der Waals surface area contributed by atoms with Crippen molar-refractivity contribution < 1.29 is 19.1 Å². The van der Waals surface area contributed by atoms with E-state index in [0.717, 1.165) is 0 Å². The number of ether oxygens (including phenoxy) is 2. The number of imidazole rings is 1. The van der Waals surface area contributed by atoms with E-state index in [4.69, 9.17) is 9.47 Å². The number of esters is 1. The van der Waals surface area contributed by atoms with Crippen LogP contribution in [0.1, 0.15) is 38.2 Å². The van der Waals surface area contributed by atoms with Gasteiger partial charge in [-0.15, -0.1) is 0 Å². The van der Waals surface area contributed by atoms with E-state index in [2.05, 4.69) is 15.3 Å². The standard InChI is InChI=1S/C11H17N3O4/c1-5-17-8(15)7-6-12-9(13-7)14-10(16)18-11(2,3)4/h6H,5H2,1-4H3,(H2,12,13,14,16). The van der Waals surface area contributed by atoms with E-state index < -0.39 is 17.7 Å². The highest BCUT2D eigenvalue weighted by Crippen LogP contribution is 2.09. The lowest BCUT2D eigenvalue weighted by Crippen LogP contribution is -2.27. The summed E-state index contributed by atoms with van der Waals surface area (Å²) in [4.78, 5) is 29.2. The van der Waals surface area contributed by atoms with Gasteiger partial charge in [-0.3, -0.25) is 5.32 Å². The number of nitrogens with one attached hydrogen (secondary N) is 2. The molecule has 0 saturated carbocycles. The number of aromatic amines is 1. The maximum atomic E-state index is 11.4. The van der Waals surface area contributed by atoms with Crippen LogP contribution in [0.2, 0.25) is 0 Å². The molecule has 0 spiro atoms. The fraction of sp³-hybridized carbons (Fsp3) is 0.545. The third-order valence-electron chi connectivity index (χ3n) is 1.69. The second-order valence-electron chi connectivity index (χ2n) is 4.49. The molecule has 18 heavy (non-hydrogen) atoms. The molecule has 2 N–H and O–H groups in total. The molecule has 1 heterocycles. The number of aromatic nitrogens is 2. The lowest BCUT2D eigenvalue weighted by atomic mass is 10.2. The predicted molar refractivity (Wildman–Crippen MR) is 64.4 cm³/mol. The fourth-order valence-electron chi connectivity index (χ4n) is 1.10. The van der Waals surface area contributed by atoms with Crippen molar-refractivity contribution in [1.29, 1.82) is 0 Å². The number of nitrogens with zero attached hydrogens (tertiary/aromatic N) is 1. The third-order valence-corrected chi connectivity index (χ3v) is 1.69. The third kappa shape index (κ3) is 4.44. The predicted octanol–water partition coefficient (Wildman–Crippen LogP) is 1.93. The quantitative estimate of drug-likeness (QED) is 0.805. The Kier molecular flexibility index (Phi) is 4.30. The van der Waals surface area contributed by atoms with Gasteiger partial charge in [-0.2, -0.15) is 0 Å². The zero-order valence-electron chi connectivity index (χ0n) is 10.9. The molecule has 1 aromatic rings. The number of anilines is 1. The van der Waals surface area contributed by atoms with Gasteiger partial charge >= 0.3 is 12.1 Å². The molecular formula is C11H17N3O4. The van der Waals surface area contributed by atoms with E-state index >= 15 is 0 Å². The van der Waals surface area contributed by atoms with Crippen molar-refractivity contribution in [2.75, 3.05) is 11.9 Å². The first-order chi connectivity index (χ1) is 8.31. The second kappa shape index (κ2) is 5.52. The average molecular weight is 255 g/mol. The van der Waals surface area contributed by atoms with Gasteiger partial charge in [0.25, 0.3) is 0 Å². The number of carbonyl (C=O) groups excluding carboxylic acids is 2. The van der Waals surface area contributed by atoms with E-state index in [0.29, 0.717) is 0 Å². The minimum absolute atomic E-state index is 0.132. The van der Waals surface area contributed by atoms with Crippen molar-refractivity contribution in [1.82, 2.24) is 9.97 Å². The van der Waals surface area contributed by atoms with Crippen LogP contribution in [0.3, 0.4) is 0 Å². The maximum Gasteiger partial charge on any atom is 0.414 e. The van der Waals surface area contributed by atoms with Crippen LogP contribution in [0, 0.1) is 0 Å². The van der Waals surface area contributed by atoms with Crippen LogP contribution in [0.15, 0.2) is 6.20 Å². The monoisotopic (exact) mass is 255 g/mol. The molecular weight excluding hydrogens is 238 g/mol. The molecule has 0 atom stereocenters. The largest absolute Gasteiger partial charge is 0.461 e. The van der Waals surface area contributed by atoms with Gasteiger partial charge in [0.15, 0.2) is 0 Å². The van der Waals surface area contributed by atoms with E-state index in [-0.39, 0.29) is 18.2 Å². The van der Waals surface area contributed by atoms with Crippen LogP contribution in [0.4, 0.5) is 10.7 Å². The molecule has 0 aliphatic heterocycles. The van der Waals surface area contributed by atoms with Crippen LogP contribution in [0.25, 0.3) is 0 Å². The maximum absolute atomic E-state index is 11.4. The first-order valence-electron chi connectivity index (χ1n) is 5.54. The molecule has 100 valence electrons. The van der Waals surface area contributed by atoms with Crippen LogP contribution in [-0.2, 0) is 9.47 Å². The molecule has 0 fully saturated rings. The summed E-state index contributed by atoms with van der Waals surface area (Å²) in [6.45, 7) is 7.22. The Balaban J connectivity index is 2.59. The molecule has 1 amide bonds. The van der Waals surface area contributed by atoms with Gasteiger partial charge in [0.05, 0.1) is 12.8 Å². The van der Waals surface area contributed by atoms with Crippen molar-refractivity contribution in [2.24, 2.45) is 0 Å². The van der Waals surface area contributed by atoms with Gasteiger partial charge < -0.3 is 14.5 Å². The summed E-state index contributed by atoms with van der Waals surface area (Å²) in [6, 6.07) is 0. The first kappa shape index (κ1) is 14.0. The second-order valence-corrected chi connectivity index (χ2v) is 4.49. The fourth-order valence-corrected chi connectivity index (χ4v) is 1.10. The number of hydrogen-bond donors (Lipinski definition) is 2. The van der Waals surface area contributed by atoms with E-state index in [9.17, 15) is 9.59 Å². The van der Waals surface area contributed by atoms with Crippen molar-refractivity contribution in [3.05, 3.63) is 11.9 Å². The molecule has 0 saturated heterocycles. The highest BCUT2D eigenvalue weighted by molar-refractivity contribution is 5.89. The summed E-state index contributed by atoms with van der Waals surface area (Å²) in [5.41, 5.74) is -0.427. The lowest BCUT2D eigenvalue weighted by molar-refractivity contribution is 0.0518. The van der Waals surface area contributed by atoms with Gasteiger partial charge in [-0.05, 0) is 27.7 Å². The van der Waals surface area contributed by atoms with Gasteiger partial charge in [0, 0.05) is 0 Å². The smallest absolute Gasteiger partial charge is 0.414 e. The Labute approximate surface area is 105 Å². The van der Waals surface area contributed by atoms with Gasteiger partial charge in [-0.1, -0.05) is 0 Å². The SMILES string of the molecule is CCOC(=O)c1cnc(NC(=O)OC(C)(C)C)[nH]1. The van der Waals surface area contributed by atoms with E-state index in [1.165, 1.54) is 6.20 Å². The summed E-state index contributed by atoms with van der Waals surface area (Å²) in [7, 11) is 0. The Morgan fingerprint density at radius 1 is 1.44 bits per heavy atom. The van der Waals surface area contributed by atoms with Crippen molar-refractivity contribution in [3.63, 3.8) is 0 Å². The Morgan fingerprint density at radius 2 is 2.11 bits per heavy atom. The molecule has 0 unspecified atom stereocenters. The molecule has 7 nitrogen and oxygen atoms in total. The summed E-state index contributed by atoms with van der Waals surface area (Å²) in [6.07, 6.45) is 0.636. The van der Waals surface area contributed by atoms with Crippen molar-refractivity contribution in [2.45, 2.75) is 33.3 Å². The molecule has 0 bridgehead atoms. The van der Waals surface area contributed by atoms with E-state index in [1.54, 1.807) is 27.7 Å². The molecule has 7 heteroatoms. The minimum Gasteiger partial charge on any atom is -0.461 e. The highest BCUT2D eigenvalue weighted by Gasteiger charge is 2.18. The lowest BCUT2D eigenvalue weighted by Gasteiger charge is -2.18. The highest BCUT2D eigenvalue weighted by atomic mass is 16.6. The summed E-state index contributed by atoms with van der Waals surface area (Å²) in [5, 5.41) is 2.38. The Hall–Kier alpha value is -2.05. The topological polar surface area (TPSA) is 93.3 Å². The summed E-state index contributed by atoms with van der Waals surface area (Å²) in [5.74, 6) is -0.394. The number of amides is 1. The molecule has 1 aromatic heterocycles. The molecule has 0 aromatic carbocycles. The van der Waals surface area contributed by atoms with Crippen LogP contribution < -0.4 is 5.32 Å². The van der Waals surface area contributed by atoms with Crippen LogP contribution >= 0.6 is 0 Å². The van der Waals surface area contributed by atoms with Crippen molar-refractivity contribution in [3.8, 4) is 0 Å². The number of H-pyrrole nitrogens is 1. The average Bonchev–Trinajstić information content (AvgIpc) is 2.63. The summed E-state index contributed by atoms with van der Waals surface area (Å²) < 4.78 is 9.81. The molecule has 1 rings (SSSR count). The zero-order chi connectivity index (χ0) is 13.8. The Bertz CT molecular complexity index is 434. The number of hydrogen-bond acceptors (Lipinski definition) is 5. The van der Waals surface area contributed by atoms with E-state index in [1.807, 2.05) is 0 Å². The van der Waals surface area contributed by atoms with Crippen LogP contribution in [0.5, 0.6) is 0 Å². The molecule has 0 radical (unpaired) electrons. The zero-order valence-corrected chi connectivity index (χ0v) is 10.9. The number of carbonyl (C=O) groups is 2. The van der Waals surface area contributed by atoms with Gasteiger partial charge in [0.1, 0.15) is 11.3 Å². The Morgan fingerprint density at radius 3 is 2.67 bits per heavy atom. The summed E-state index contributed by atoms with van der Waals surface area (Å²) >= 11 is 0. The molecule has 0 aliphatic rings. The minimum atomic E-state index is -0.646. The van der Waals surface area contributed by atoms with Gasteiger partial charge in [0.2, 0.25) is 5.95 Å². The van der Waals surface area contributed by atoms with Crippen molar-refractivity contribution >= 4 is 18.0 Å².